The van der Waals surface area contributed by atoms with Gasteiger partial charge in [-0.2, -0.15) is 0 Å². The first-order valence-electron chi connectivity index (χ1n) is 2.64. The van der Waals surface area contributed by atoms with Crippen LogP contribution in [0.2, 0.25) is 0 Å². The molecule has 1 N–H and O–H groups in total. The molecule has 0 spiro atoms. The maximum Gasteiger partial charge on any atom is 0.215 e. The van der Waals surface area contributed by atoms with Crippen LogP contribution in [0, 0.1) is 5.41 Å². The maximum absolute atomic E-state index is 6.76. The topological polar surface area (TPSA) is 36.2 Å². The van der Waals surface area contributed by atoms with Gasteiger partial charge in [-0.05, 0) is 24.1 Å². The second kappa shape index (κ2) is 4.27. The number of rotatable bonds is 2. The summed E-state index contributed by atoms with van der Waals surface area (Å²) in [5.41, 5.74) is 0.745. The van der Waals surface area contributed by atoms with Crippen molar-refractivity contribution in [1.29, 1.82) is 5.41 Å². The molecule has 2 nitrogen and oxygen atoms in total. The normalized spacial score (nSPS) is 11.1. The summed E-state index contributed by atoms with van der Waals surface area (Å²) in [6, 6.07) is 0. The molecule has 50 valence electrons. The van der Waals surface area contributed by atoms with Crippen LogP contribution >= 0.6 is 11.6 Å². The zero-order valence-corrected chi connectivity index (χ0v) is 6.07. The molecule has 0 aliphatic carbocycles. The lowest BCUT2D eigenvalue weighted by atomic mass is 10.3. The molecule has 0 heterocycles. The van der Waals surface area contributed by atoms with Crippen LogP contribution in [0.5, 0.6) is 0 Å². The van der Waals surface area contributed by atoms with Gasteiger partial charge < -0.3 is 0 Å². The molecular formula is C6H9ClN2. The molecule has 0 radical (unpaired) electrons. The van der Waals surface area contributed by atoms with Gasteiger partial charge in [0, 0.05) is 5.71 Å². The Morgan fingerprint density at radius 2 is 2.44 bits per heavy atom. The summed E-state index contributed by atoms with van der Waals surface area (Å²) in [6.07, 6.45) is 2.36. The molecule has 9 heavy (non-hydrogen) atoms. The summed E-state index contributed by atoms with van der Waals surface area (Å²) in [7, 11) is 0. The van der Waals surface area contributed by atoms with Crippen molar-refractivity contribution >= 4 is 22.6 Å². The third kappa shape index (κ3) is 3.91. The number of nitrogens with one attached hydrogen (secondary N) is 1. The number of hydrogen-bond acceptors (Lipinski definition) is 1. The van der Waals surface area contributed by atoms with Gasteiger partial charge in [0.15, 0.2) is 0 Å². The van der Waals surface area contributed by atoms with Crippen molar-refractivity contribution in [3.63, 3.8) is 0 Å². The molecule has 0 saturated heterocycles. The first kappa shape index (κ1) is 8.37. The summed E-state index contributed by atoms with van der Waals surface area (Å²) >= 11 is 5.18. The van der Waals surface area contributed by atoms with Gasteiger partial charge >= 0.3 is 0 Å². The van der Waals surface area contributed by atoms with Crippen LogP contribution in [-0.2, 0) is 0 Å². The van der Waals surface area contributed by atoms with Gasteiger partial charge in [0.25, 0.3) is 0 Å². The number of hydrogen-bond donors (Lipinski definition) is 1. The Balaban J connectivity index is 4.07. The second-order valence-electron chi connectivity index (χ2n) is 1.45. The Hall–Kier alpha value is -0.630. The van der Waals surface area contributed by atoms with Crippen molar-refractivity contribution in [2.75, 3.05) is 0 Å². The Labute approximate surface area is 59.8 Å². The van der Waals surface area contributed by atoms with Crippen molar-refractivity contribution in [1.82, 2.24) is 0 Å². The molecule has 0 aliphatic rings. The zero-order valence-electron chi connectivity index (χ0n) is 5.32. The van der Waals surface area contributed by atoms with Crippen LogP contribution in [0.4, 0.5) is 0 Å². The number of halogens is 1. The van der Waals surface area contributed by atoms with Crippen LogP contribution in [0.3, 0.4) is 0 Å². The fourth-order valence-corrected chi connectivity index (χ4v) is 0.504. The van der Waals surface area contributed by atoms with E-state index in [0.29, 0.717) is 0 Å². The van der Waals surface area contributed by atoms with Crippen LogP contribution < -0.4 is 0 Å². The Morgan fingerprint density at radius 3 is 2.56 bits per heavy atom. The average molecular weight is 145 g/mol. The molecule has 0 unspecified atom stereocenters. The molecule has 0 fully saturated rings. The third-order valence-corrected chi connectivity index (χ3v) is 0.924. The number of allylic oxidation sites excluding steroid dienone is 1. The third-order valence-electron chi connectivity index (χ3n) is 0.840. The van der Waals surface area contributed by atoms with E-state index >= 15 is 0 Å². The summed E-state index contributed by atoms with van der Waals surface area (Å²) in [5.74, 6) is 0. The summed E-state index contributed by atoms with van der Waals surface area (Å²) in [4.78, 5) is 3.66. The maximum atomic E-state index is 6.76. The van der Waals surface area contributed by atoms with Crippen molar-refractivity contribution < 1.29 is 0 Å². The molecule has 0 saturated carbocycles. The second-order valence-corrected chi connectivity index (χ2v) is 1.81. The summed E-state index contributed by atoms with van der Waals surface area (Å²) in [5, 5.41) is 6.57. The van der Waals surface area contributed by atoms with Gasteiger partial charge in [-0.3, -0.25) is 5.41 Å². The Kier molecular flexibility index (Phi) is 3.97. The lowest BCUT2D eigenvalue weighted by Gasteiger charge is -1.90. The van der Waals surface area contributed by atoms with Gasteiger partial charge in [0.05, 0.1) is 0 Å². The molecule has 0 aromatic rings. The van der Waals surface area contributed by atoms with Gasteiger partial charge in [0.1, 0.15) is 0 Å². The standard InChI is InChI=1S/C6H9ClN2/c1-3-5(4-2)9-6(7)8/h3,8H,1,4H2,2H3/b8-6?,9-5-. The Bertz CT molecular complexity index is 149. The minimum atomic E-state index is -0.188. The van der Waals surface area contributed by atoms with Crippen molar-refractivity contribution in [2.24, 2.45) is 4.99 Å². The van der Waals surface area contributed by atoms with E-state index in [0.717, 1.165) is 12.1 Å². The first-order valence-corrected chi connectivity index (χ1v) is 3.02. The lowest BCUT2D eigenvalue weighted by Crippen LogP contribution is -1.91. The molecule has 0 atom stereocenters. The predicted molar refractivity (Wildman–Crippen MR) is 41.5 cm³/mol. The van der Waals surface area contributed by atoms with Crippen molar-refractivity contribution in [3.05, 3.63) is 12.7 Å². The van der Waals surface area contributed by atoms with Crippen LogP contribution in [0.15, 0.2) is 17.6 Å². The molecule has 3 heteroatoms. The average Bonchev–Trinajstić information content (AvgIpc) is 1.82. The highest BCUT2D eigenvalue weighted by Crippen LogP contribution is 1.90. The van der Waals surface area contributed by atoms with E-state index in [-0.39, 0.29) is 5.29 Å². The van der Waals surface area contributed by atoms with E-state index in [4.69, 9.17) is 17.0 Å². The van der Waals surface area contributed by atoms with E-state index in [1.54, 1.807) is 6.08 Å². The highest BCUT2D eigenvalue weighted by Gasteiger charge is 1.88. The monoisotopic (exact) mass is 144 g/mol. The lowest BCUT2D eigenvalue weighted by molar-refractivity contribution is 1.29. The van der Waals surface area contributed by atoms with Gasteiger partial charge in [-0.15, -0.1) is 0 Å². The van der Waals surface area contributed by atoms with Gasteiger partial charge in [-0.1, -0.05) is 13.5 Å². The van der Waals surface area contributed by atoms with E-state index in [1.165, 1.54) is 0 Å². The SMILES string of the molecule is C=C/C(CC)=N/C(=N)Cl. The molecule has 0 aromatic carbocycles. The molecule has 0 aliphatic heterocycles. The summed E-state index contributed by atoms with van der Waals surface area (Å²) < 4.78 is 0. The smallest absolute Gasteiger partial charge is 0.215 e. The molecular weight excluding hydrogens is 136 g/mol. The van der Waals surface area contributed by atoms with Crippen LogP contribution in [-0.4, -0.2) is 11.0 Å². The quantitative estimate of drug-likeness (QED) is 0.351. The van der Waals surface area contributed by atoms with Crippen LogP contribution in [0.25, 0.3) is 0 Å². The minimum absolute atomic E-state index is 0.188. The Morgan fingerprint density at radius 1 is 1.89 bits per heavy atom. The minimum Gasteiger partial charge on any atom is -0.272 e. The highest BCUT2D eigenvalue weighted by atomic mass is 35.5. The van der Waals surface area contributed by atoms with E-state index in [2.05, 4.69) is 11.6 Å². The largest absolute Gasteiger partial charge is 0.272 e. The molecule has 0 aromatic heterocycles. The van der Waals surface area contributed by atoms with E-state index in [1.807, 2.05) is 6.92 Å². The fourth-order valence-electron chi connectivity index (χ4n) is 0.395. The summed E-state index contributed by atoms with van der Waals surface area (Å²) in [6.45, 7) is 5.43. The zero-order chi connectivity index (χ0) is 7.28. The number of nitrogens with zero attached hydrogens (tertiary/aromatic N) is 1. The highest BCUT2D eigenvalue weighted by molar-refractivity contribution is 6.64. The van der Waals surface area contributed by atoms with Gasteiger partial charge in [-0.25, -0.2) is 4.99 Å². The van der Waals surface area contributed by atoms with Crippen molar-refractivity contribution in [3.8, 4) is 0 Å². The number of aliphatic imine (C=N–C) groups is 1. The van der Waals surface area contributed by atoms with Gasteiger partial charge in [0.2, 0.25) is 5.29 Å². The van der Waals surface area contributed by atoms with Crippen LogP contribution in [0.1, 0.15) is 13.3 Å². The fraction of sp³-hybridized carbons (Fsp3) is 0.333. The molecule has 0 bridgehead atoms. The molecule has 0 amide bonds. The number of amidine groups is 1. The van der Waals surface area contributed by atoms with E-state index in [9.17, 15) is 0 Å². The predicted octanol–water partition coefficient (Wildman–Crippen LogP) is 2.20. The van der Waals surface area contributed by atoms with Crippen molar-refractivity contribution in [2.45, 2.75) is 13.3 Å². The molecule has 0 rings (SSSR count). The van der Waals surface area contributed by atoms with E-state index < -0.39 is 0 Å². The first-order chi connectivity index (χ1) is 4.20.